The lowest BCUT2D eigenvalue weighted by Gasteiger charge is -2.10. The Kier molecular flexibility index (Phi) is 5.13. The Morgan fingerprint density at radius 2 is 2.10 bits per heavy atom. The van der Waals surface area contributed by atoms with E-state index in [0.29, 0.717) is 45.1 Å². The van der Waals surface area contributed by atoms with Crippen molar-refractivity contribution in [3.63, 3.8) is 0 Å². The molecule has 1 aromatic carbocycles. The van der Waals surface area contributed by atoms with Crippen molar-refractivity contribution < 1.29 is 27.9 Å². The summed E-state index contributed by atoms with van der Waals surface area (Å²) in [7, 11) is 1.52. The molecule has 2 aromatic heterocycles. The molecule has 1 aliphatic rings. The number of imide groups is 1. The third-order valence-corrected chi connectivity index (χ3v) is 4.93. The second-order valence-electron chi connectivity index (χ2n) is 6.05. The second kappa shape index (κ2) is 7.88. The number of carbonyl (C=O) groups is 2. The van der Waals surface area contributed by atoms with Crippen molar-refractivity contribution in [2.45, 2.75) is 13.5 Å². The van der Waals surface area contributed by atoms with Crippen molar-refractivity contribution in [1.29, 1.82) is 0 Å². The van der Waals surface area contributed by atoms with Gasteiger partial charge in [0.2, 0.25) is 0 Å². The molecule has 3 aromatic rings. The fraction of sp³-hybridized carbons (Fsp3) is 0.150. The smallest absolute Gasteiger partial charge is 0.290 e. The Bertz CT molecular complexity index is 1100. The Balaban J connectivity index is 1.50. The minimum atomic E-state index is -0.409. The number of amides is 2. The Morgan fingerprint density at radius 3 is 2.79 bits per heavy atom. The first-order chi connectivity index (χ1) is 14.0. The van der Waals surface area contributed by atoms with Gasteiger partial charge in [0.25, 0.3) is 17.0 Å². The molecule has 3 heterocycles. The highest BCUT2D eigenvalue weighted by molar-refractivity contribution is 8.18. The maximum atomic E-state index is 11.7. The van der Waals surface area contributed by atoms with Crippen LogP contribution in [-0.2, 0) is 11.4 Å². The Hall–Kier alpha value is -3.46. The zero-order valence-corrected chi connectivity index (χ0v) is 16.4. The summed E-state index contributed by atoms with van der Waals surface area (Å²) in [6.45, 7) is 1.98. The molecule has 0 atom stereocenters. The summed E-state index contributed by atoms with van der Waals surface area (Å²) < 4.78 is 22.2. The molecule has 2 amide bonds. The van der Waals surface area contributed by atoms with Crippen LogP contribution in [0.15, 0.2) is 50.3 Å². The molecule has 9 heteroatoms. The Labute approximate surface area is 169 Å². The van der Waals surface area contributed by atoms with E-state index in [4.69, 9.17) is 18.3 Å². The zero-order valence-electron chi connectivity index (χ0n) is 15.6. The second-order valence-corrected chi connectivity index (χ2v) is 7.07. The van der Waals surface area contributed by atoms with Crippen molar-refractivity contribution in [3.05, 3.63) is 58.5 Å². The van der Waals surface area contributed by atoms with E-state index >= 15 is 0 Å². The van der Waals surface area contributed by atoms with Crippen LogP contribution in [0.25, 0.3) is 17.7 Å². The first-order valence-electron chi connectivity index (χ1n) is 8.59. The minimum absolute atomic E-state index is 0.180. The number of rotatable bonds is 6. The highest BCUT2D eigenvalue weighted by Gasteiger charge is 2.25. The van der Waals surface area contributed by atoms with Gasteiger partial charge in [0, 0.05) is 0 Å². The maximum Gasteiger partial charge on any atom is 0.290 e. The number of nitrogens with zero attached hydrogens (tertiary/aromatic N) is 1. The van der Waals surface area contributed by atoms with Crippen LogP contribution in [0.5, 0.6) is 11.5 Å². The van der Waals surface area contributed by atoms with Gasteiger partial charge in [-0.15, -0.1) is 0 Å². The summed E-state index contributed by atoms with van der Waals surface area (Å²) in [5.74, 6) is 2.15. The molecule has 0 unspecified atom stereocenters. The number of carbonyl (C=O) groups excluding carboxylic acids is 2. The Morgan fingerprint density at radius 1 is 1.24 bits per heavy atom. The van der Waals surface area contributed by atoms with Gasteiger partial charge in [0.1, 0.15) is 18.1 Å². The lowest BCUT2D eigenvalue weighted by Crippen LogP contribution is -2.17. The van der Waals surface area contributed by atoms with E-state index < -0.39 is 5.91 Å². The highest BCUT2D eigenvalue weighted by atomic mass is 32.2. The number of aromatic nitrogens is 1. The van der Waals surface area contributed by atoms with Crippen molar-refractivity contribution in [3.8, 4) is 23.1 Å². The summed E-state index contributed by atoms with van der Waals surface area (Å²) >= 11 is 0.860. The zero-order chi connectivity index (χ0) is 20.4. The van der Waals surface area contributed by atoms with E-state index in [9.17, 15) is 9.59 Å². The average molecular weight is 412 g/mol. The molecular weight excluding hydrogens is 396 g/mol. The summed E-state index contributed by atoms with van der Waals surface area (Å²) in [5.41, 5.74) is 1.35. The van der Waals surface area contributed by atoms with Crippen LogP contribution in [0, 0.1) is 6.92 Å². The van der Waals surface area contributed by atoms with E-state index in [1.165, 1.54) is 7.11 Å². The van der Waals surface area contributed by atoms with E-state index in [1.54, 1.807) is 49.6 Å². The third-order valence-electron chi connectivity index (χ3n) is 4.12. The average Bonchev–Trinajstić information content (AvgIpc) is 3.42. The number of ether oxygens (including phenoxy) is 2. The van der Waals surface area contributed by atoms with E-state index in [0.717, 1.165) is 11.8 Å². The number of oxazole rings is 1. The van der Waals surface area contributed by atoms with Gasteiger partial charge in [0.05, 0.1) is 18.3 Å². The minimum Gasteiger partial charge on any atom is -0.493 e. The number of hydrogen-bond donors (Lipinski definition) is 1. The number of furan rings is 1. The topological polar surface area (TPSA) is 104 Å². The van der Waals surface area contributed by atoms with Crippen LogP contribution < -0.4 is 14.8 Å². The molecule has 1 fully saturated rings. The molecule has 0 bridgehead atoms. The molecule has 0 aliphatic carbocycles. The number of aryl methyl sites for hydroxylation is 1. The van der Waals surface area contributed by atoms with Crippen LogP contribution in [0.1, 0.15) is 17.0 Å². The molecule has 0 radical (unpaired) electrons. The largest absolute Gasteiger partial charge is 0.493 e. The summed E-state index contributed by atoms with van der Waals surface area (Å²) in [4.78, 5) is 27.7. The first-order valence-corrected chi connectivity index (χ1v) is 9.41. The molecule has 8 nitrogen and oxygen atoms in total. The fourth-order valence-corrected chi connectivity index (χ4v) is 3.36. The predicted molar refractivity (Wildman–Crippen MR) is 105 cm³/mol. The van der Waals surface area contributed by atoms with Crippen molar-refractivity contribution >= 4 is 29.0 Å². The maximum absolute atomic E-state index is 11.7. The first kappa shape index (κ1) is 18.9. The van der Waals surface area contributed by atoms with Gasteiger partial charge in [-0.25, -0.2) is 4.98 Å². The van der Waals surface area contributed by atoms with Crippen LogP contribution >= 0.6 is 11.8 Å². The van der Waals surface area contributed by atoms with Crippen LogP contribution in [0.4, 0.5) is 4.79 Å². The van der Waals surface area contributed by atoms with E-state index in [-0.39, 0.29) is 11.8 Å². The van der Waals surface area contributed by atoms with Gasteiger partial charge in [-0.05, 0) is 54.6 Å². The summed E-state index contributed by atoms with van der Waals surface area (Å²) in [6.07, 6.45) is 3.17. The standard InChI is InChI=1S/C20H16N2O6S/c1-11-13(21-19(28-11)15-4-3-7-26-15)10-27-14-6-5-12(8-16(14)25-2)9-17-18(23)22-20(24)29-17/h3-9H,10H2,1-2H3,(H,22,23,24)/b17-9+. The third kappa shape index (κ3) is 4.04. The molecule has 0 spiro atoms. The summed E-state index contributed by atoms with van der Waals surface area (Å²) in [5, 5.41) is 1.84. The van der Waals surface area contributed by atoms with E-state index in [1.807, 2.05) is 0 Å². The molecular formula is C20H16N2O6S. The van der Waals surface area contributed by atoms with Crippen molar-refractivity contribution in [1.82, 2.24) is 10.3 Å². The molecule has 148 valence electrons. The molecule has 1 saturated heterocycles. The highest BCUT2D eigenvalue weighted by Crippen LogP contribution is 2.32. The normalized spacial score (nSPS) is 15.0. The number of nitrogens with one attached hydrogen (secondary N) is 1. The molecule has 0 saturated carbocycles. The van der Waals surface area contributed by atoms with Crippen molar-refractivity contribution in [2.24, 2.45) is 0 Å². The van der Waals surface area contributed by atoms with Gasteiger partial charge in [0.15, 0.2) is 17.3 Å². The number of benzene rings is 1. The number of thioether (sulfide) groups is 1. The number of hydrogen-bond acceptors (Lipinski definition) is 8. The van der Waals surface area contributed by atoms with Crippen LogP contribution in [0.2, 0.25) is 0 Å². The van der Waals surface area contributed by atoms with E-state index in [2.05, 4.69) is 10.3 Å². The lowest BCUT2D eigenvalue weighted by atomic mass is 10.2. The van der Waals surface area contributed by atoms with Crippen LogP contribution in [-0.4, -0.2) is 23.2 Å². The lowest BCUT2D eigenvalue weighted by molar-refractivity contribution is -0.115. The van der Waals surface area contributed by atoms with Gasteiger partial charge < -0.3 is 18.3 Å². The fourth-order valence-electron chi connectivity index (χ4n) is 2.68. The van der Waals surface area contributed by atoms with Gasteiger partial charge >= 0.3 is 0 Å². The van der Waals surface area contributed by atoms with Gasteiger partial charge in [-0.2, -0.15) is 0 Å². The van der Waals surface area contributed by atoms with Crippen molar-refractivity contribution in [2.75, 3.05) is 7.11 Å². The quantitative estimate of drug-likeness (QED) is 0.602. The monoisotopic (exact) mass is 412 g/mol. The number of methoxy groups -OCH3 is 1. The molecule has 29 heavy (non-hydrogen) atoms. The van der Waals surface area contributed by atoms with Gasteiger partial charge in [-0.3, -0.25) is 14.9 Å². The van der Waals surface area contributed by atoms with Gasteiger partial charge in [-0.1, -0.05) is 6.07 Å². The SMILES string of the molecule is COc1cc(/C=C2/SC(=O)NC2=O)ccc1OCc1nc(-c2ccco2)oc1C. The molecule has 1 aliphatic heterocycles. The molecule has 1 N–H and O–H groups in total. The van der Waals surface area contributed by atoms with Crippen LogP contribution in [0.3, 0.4) is 0 Å². The molecule has 4 rings (SSSR count). The summed E-state index contributed by atoms with van der Waals surface area (Å²) in [6, 6.07) is 8.75. The predicted octanol–water partition coefficient (Wildman–Crippen LogP) is 4.15.